The monoisotopic (exact) mass is 241 g/mol. The van der Waals surface area contributed by atoms with Crippen LogP contribution in [0.1, 0.15) is 40.4 Å². The molecule has 4 heteroatoms. The molecule has 0 radical (unpaired) electrons. The van der Waals surface area contributed by atoms with Crippen LogP contribution in [0.25, 0.3) is 0 Å². The van der Waals surface area contributed by atoms with Crippen LogP contribution in [0, 0.1) is 6.92 Å². The summed E-state index contributed by atoms with van der Waals surface area (Å²) >= 11 is 1.52. The zero-order valence-corrected chi connectivity index (χ0v) is 10.9. The highest BCUT2D eigenvalue weighted by molar-refractivity contribution is 7.14. The van der Waals surface area contributed by atoms with Gasteiger partial charge in [0.15, 0.2) is 0 Å². The number of aliphatic hydroxyl groups excluding tert-OH is 1. The Morgan fingerprint density at radius 1 is 1.62 bits per heavy atom. The fourth-order valence-electron chi connectivity index (χ4n) is 1.49. The second-order valence-corrected chi connectivity index (χ2v) is 5.26. The zero-order valence-electron chi connectivity index (χ0n) is 10.0. The Morgan fingerprint density at radius 2 is 2.31 bits per heavy atom. The van der Waals surface area contributed by atoms with E-state index in [0.29, 0.717) is 0 Å². The van der Waals surface area contributed by atoms with Crippen molar-refractivity contribution in [3.05, 3.63) is 21.4 Å². The number of aliphatic hydroxyl groups is 1. The lowest BCUT2D eigenvalue weighted by Crippen LogP contribution is -2.34. The van der Waals surface area contributed by atoms with E-state index >= 15 is 0 Å². The third kappa shape index (κ3) is 3.32. The summed E-state index contributed by atoms with van der Waals surface area (Å²) in [6.07, 6.45) is 2.11. The molecule has 0 aliphatic rings. The van der Waals surface area contributed by atoms with Gasteiger partial charge in [-0.05, 0) is 31.9 Å². The minimum atomic E-state index is -0.190. The number of amides is 1. The van der Waals surface area contributed by atoms with Crippen LogP contribution in [0.2, 0.25) is 0 Å². The molecule has 2 N–H and O–H groups in total. The summed E-state index contributed by atoms with van der Waals surface area (Å²) in [7, 11) is 0. The minimum Gasteiger partial charge on any atom is -0.394 e. The lowest BCUT2D eigenvalue weighted by molar-refractivity contribution is 0.0926. The molecule has 3 nitrogen and oxygen atoms in total. The molecule has 0 saturated carbocycles. The van der Waals surface area contributed by atoms with Crippen molar-refractivity contribution in [2.45, 2.75) is 39.7 Å². The van der Waals surface area contributed by atoms with Crippen molar-refractivity contribution in [1.82, 2.24) is 5.32 Å². The van der Waals surface area contributed by atoms with E-state index in [-0.39, 0.29) is 18.6 Å². The van der Waals surface area contributed by atoms with Crippen molar-refractivity contribution in [2.24, 2.45) is 0 Å². The van der Waals surface area contributed by atoms with E-state index < -0.39 is 0 Å². The van der Waals surface area contributed by atoms with E-state index in [4.69, 9.17) is 5.11 Å². The summed E-state index contributed by atoms with van der Waals surface area (Å²) in [6.45, 7) is 5.93. The molecular weight excluding hydrogens is 222 g/mol. The molecule has 90 valence electrons. The van der Waals surface area contributed by atoms with Crippen LogP contribution in [0.15, 0.2) is 6.07 Å². The molecule has 0 unspecified atom stereocenters. The van der Waals surface area contributed by atoms with E-state index in [1.165, 1.54) is 21.8 Å². The fraction of sp³-hybridized carbons (Fsp3) is 0.583. The van der Waals surface area contributed by atoms with Gasteiger partial charge in [-0.15, -0.1) is 11.3 Å². The maximum atomic E-state index is 11.8. The molecule has 1 aromatic heterocycles. The molecule has 16 heavy (non-hydrogen) atoms. The van der Waals surface area contributed by atoms with E-state index in [0.717, 1.165) is 17.7 Å². The Labute approximate surface area is 100 Å². The quantitative estimate of drug-likeness (QED) is 0.829. The van der Waals surface area contributed by atoms with E-state index in [1.807, 2.05) is 13.0 Å². The molecule has 0 bridgehead atoms. The number of carbonyl (C=O) groups excluding carboxylic acids is 1. The maximum Gasteiger partial charge on any atom is 0.261 e. The third-order valence-electron chi connectivity index (χ3n) is 2.42. The van der Waals surface area contributed by atoms with Crippen molar-refractivity contribution in [2.75, 3.05) is 6.61 Å². The number of nitrogens with one attached hydrogen (secondary N) is 1. The predicted octanol–water partition coefficient (Wildman–Crippen LogP) is 2.12. The highest BCUT2D eigenvalue weighted by atomic mass is 32.1. The second-order valence-electron chi connectivity index (χ2n) is 4.00. The van der Waals surface area contributed by atoms with Gasteiger partial charge in [-0.2, -0.15) is 0 Å². The van der Waals surface area contributed by atoms with Gasteiger partial charge in [0.05, 0.1) is 11.5 Å². The van der Waals surface area contributed by atoms with Gasteiger partial charge in [0.2, 0.25) is 0 Å². The van der Waals surface area contributed by atoms with E-state index in [2.05, 4.69) is 12.2 Å². The van der Waals surface area contributed by atoms with Gasteiger partial charge in [0.1, 0.15) is 0 Å². The van der Waals surface area contributed by atoms with Crippen LogP contribution >= 0.6 is 11.3 Å². The van der Waals surface area contributed by atoms with Crippen molar-refractivity contribution in [3.8, 4) is 0 Å². The first-order chi connectivity index (χ1) is 7.58. The van der Waals surface area contributed by atoms with Crippen molar-refractivity contribution in [3.63, 3.8) is 0 Å². The molecule has 1 amide bonds. The van der Waals surface area contributed by atoms with Gasteiger partial charge in [0, 0.05) is 10.9 Å². The summed E-state index contributed by atoms with van der Waals surface area (Å²) in [5.74, 6) is -0.0861. The van der Waals surface area contributed by atoms with Crippen molar-refractivity contribution < 1.29 is 9.90 Å². The van der Waals surface area contributed by atoms with Gasteiger partial charge < -0.3 is 10.4 Å². The summed E-state index contributed by atoms with van der Waals surface area (Å²) in [4.78, 5) is 13.7. The fourth-order valence-corrected chi connectivity index (χ4v) is 2.46. The predicted molar refractivity (Wildman–Crippen MR) is 67.1 cm³/mol. The first-order valence-corrected chi connectivity index (χ1v) is 6.41. The van der Waals surface area contributed by atoms with Crippen molar-refractivity contribution in [1.29, 1.82) is 0 Å². The Hall–Kier alpha value is -0.870. The summed E-state index contributed by atoms with van der Waals surface area (Å²) in [5.41, 5.74) is 1.26. The molecule has 0 saturated heterocycles. The summed E-state index contributed by atoms with van der Waals surface area (Å²) in [6, 6.07) is 1.77. The number of aryl methyl sites for hydroxylation is 2. The average Bonchev–Trinajstić information content (AvgIpc) is 2.61. The molecule has 1 rings (SSSR count). The average molecular weight is 241 g/mol. The van der Waals surface area contributed by atoms with Crippen LogP contribution in [-0.2, 0) is 6.42 Å². The van der Waals surface area contributed by atoms with Gasteiger partial charge in [-0.3, -0.25) is 4.79 Å². The highest BCUT2D eigenvalue weighted by Gasteiger charge is 2.13. The number of carbonyl (C=O) groups is 1. The Morgan fingerprint density at radius 3 is 2.88 bits per heavy atom. The molecule has 0 aliphatic heterocycles. The molecule has 1 aromatic rings. The third-order valence-corrected chi connectivity index (χ3v) is 3.51. The van der Waals surface area contributed by atoms with Gasteiger partial charge in [-0.25, -0.2) is 0 Å². The first kappa shape index (κ1) is 13.2. The smallest absolute Gasteiger partial charge is 0.261 e. The lowest BCUT2D eigenvalue weighted by Gasteiger charge is -2.08. The second kappa shape index (κ2) is 6.01. The molecule has 0 aliphatic carbocycles. The topological polar surface area (TPSA) is 49.3 Å². The van der Waals surface area contributed by atoms with Crippen LogP contribution < -0.4 is 5.32 Å². The van der Waals surface area contributed by atoms with E-state index in [9.17, 15) is 4.79 Å². The van der Waals surface area contributed by atoms with Gasteiger partial charge in [0.25, 0.3) is 5.91 Å². The van der Waals surface area contributed by atoms with Crippen LogP contribution in [0.3, 0.4) is 0 Å². The normalized spacial score (nSPS) is 12.5. The molecule has 0 aromatic carbocycles. The molecule has 0 fully saturated rings. The molecule has 0 spiro atoms. The van der Waals surface area contributed by atoms with E-state index in [1.54, 1.807) is 6.92 Å². The largest absolute Gasteiger partial charge is 0.394 e. The molecule has 1 atom stereocenters. The molecule has 1 heterocycles. The van der Waals surface area contributed by atoms with Gasteiger partial charge in [-0.1, -0.05) is 13.3 Å². The number of rotatable bonds is 5. The van der Waals surface area contributed by atoms with Crippen LogP contribution in [0.5, 0.6) is 0 Å². The maximum absolute atomic E-state index is 11.8. The Balaban J connectivity index is 2.72. The Bertz CT molecular complexity index is 360. The number of hydrogen-bond donors (Lipinski definition) is 2. The number of hydrogen-bond acceptors (Lipinski definition) is 3. The van der Waals surface area contributed by atoms with Crippen LogP contribution in [0.4, 0.5) is 0 Å². The Kier molecular flexibility index (Phi) is 4.96. The highest BCUT2D eigenvalue weighted by Crippen LogP contribution is 2.22. The standard InChI is InChI=1S/C12H19NO2S/c1-4-5-10-6-11(16-9(10)3)12(15)13-8(2)7-14/h6,8,14H,4-5,7H2,1-3H3,(H,13,15)/t8-/m1/s1. The van der Waals surface area contributed by atoms with Crippen molar-refractivity contribution >= 4 is 17.2 Å². The zero-order chi connectivity index (χ0) is 12.1. The first-order valence-electron chi connectivity index (χ1n) is 5.59. The molecular formula is C12H19NO2S. The SMILES string of the molecule is CCCc1cc(C(=O)N[C@H](C)CO)sc1C. The minimum absolute atomic E-state index is 0.0298. The summed E-state index contributed by atoms with van der Waals surface area (Å²) < 4.78 is 0. The summed E-state index contributed by atoms with van der Waals surface area (Å²) in [5, 5.41) is 11.6. The van der Waals surface area contributed by atoms with Crippen LogP contribution in [-0.4, -0.2) is 23.7 Å². The lowest BCUT2D eigenvalue weighted by atomic mass is 10.1. The van der Waals surface area contributed by atoms with Gasteiger partial charge >= 0.3 is 0 Å². The number of thiophene rings is 1.